The molecule has 0 saturated carbocycles. The van der Waals surface area contributed by atoms with E-state index in [1.165, 1.54) is 24.3 Å². The summed E-state index contributed by atoms with van der Waals surface area (Å²) in [6, 6.07) is 9.96. The minimum atomic E-state index is -3.64. The van der Waals surface area contributed by atoms with E-state index in [0.29, 0.717) is 11.3 Å². The first-order chi connectivity index (χ1) is 11.0. The molecule has 0 aliphatic heterocycles. The number of benzene rings is 2. The summed E-state index contributed by atoms with van der Waals surface area (Å²) in [7, 11) is -5.51. The van der Waals surface area contributed by atoms with Crippen LogP contribution in [0.3, 0.4) is 0 Å². The van der Waals surface area contributed by atoms with Crippen molar-refractivity contribution in [2.24, 2.45) is 0 Å². The number of halogens is 1. The molecule has 8 heteroatoms. The van der Waals surface area contributed by atoms with Gasteiger partial charge in [-0.2, -0.15) is 0 Å². The van der Waals surface area contributed by atoms with Gasteiger partial charge in [-0.1, -0.05) is 12.1 Å². The summed E-state index contributed by atoms with van der Waals surface area (Å²) in [5.41, 5.74) is 1.03. The first-order valence-electron chi connectivity index (χ1n) is 6.98. The predicted octanol–water partition coefficient (Wildman–Crippen LogP) is 2.27. The fraction of sp³-hybridized carbons (Fsp3) is 0.250. The number of nitrogens with zero attached hydrogens (tertiary/aromatic N) is 1. The Morgan fingerprint density at radius 3 is 2.17 bits per heavy atom. The van der Waals surface area contributed by atoms with Gasteiger partial charge in [-0.05, 0) is 35.9 Å². The fourth-order valence-electron chi connectivity index (χ4n) is 2.33. The average molecular weight is 371 g/mol. The van der Waals surface area contributed by atoms with Crippen LogP contribution in [0.4, 0.5) is 10.1 Å². The summed E-state index contributed by atoms with van der Waals surface area (Å²) in [4.78, 5) is 1.49. The quantitative estimate of drug-likeness (QED) is 0.806. The zero-order valence-corrected chi connectivity index (χ0v) is 15.2. The summed E-state index contributed by atoms with van der Waals surface area (Å²) >= 11 is 0. The Balaban J connectivity index is 2.49. The lowest BCUT2D eigenvalue weighted by Gasteiger charge is -2.22. The van der Waals surface area contributed by atoms with Crippen molar-refractivity contribution in [2.75, 3.05) is 24.5 Å². The average Bonchev–Trinajstić information content (AvgIpc) is 2.44. The van der Waals surface area contributed by atoms with E-state index in [1.54, 1.807) is 24.1 Å². The minimum Gasteiger partial charge on any atom is -0.369 e. The number of sulfone groups is 2. The third-order valence-electron chi connectivity index (χ3n) is 3.48. The van der Waals surface area contributed by atoms with Crippen molar-refractivity contribution in [3.8, 4) is 0 Å². The third-order valence-corrected chi connectivity index (χ3v) is 5.72. The van der Waals surface area contributed by atoms with Crippen LogP contribution in [0.2, 0.25) is 0 Å². The molecule has 2 aromatic rings. The van der Waals surface area contributed by atoms with Crippen molar-refractivity contribution in [3.63, 3.8) is 0 Å². The van der Waals surface area contributed by atoms with Gasteiger partial charge in [-0.15, -0.1) is 0 Å². The normalized spacial score (nSPS) is 12.2. The van der Waals surface area contributed by atoms with Crippen molar-refractivity contribution in [3.05, 3.63) is 53.8 Å². The molecular weight excluding hydrogens is 353 g/mol. The Bertz CT molecular complexity index is 969. The van der Waals surface area contributed by atoms with Crippen LogP contribution in [0.15, 0.2) is 52.3 Å². The van der Waals surface area contributed by atoms with Crippen LogP contribution < -0.4 is 4.90 Å². The Morgan fingerprint density at radius 1 is 0.958 bits per heavy atom. The highest BCUT2D eigenvalue weighted by Gasteiger charge is 2.20. The van der Waals surface area contributed by atoms with Gasteiger partial charge in [-0.25, -0.2) is 21.2 Å². The second-order valence-corrected chi connectivity index (χ2v) is 9.66. The van der Waals surface area contributed by atoms with Crippen LogP contribution in [0.5, 0.6) is 0 Å². The SMILES string of the molecule is CN(Cc1cccc(F)c1)c1ccc(S(C)(=O)=O)cc1S(C)(=O)=O. The molecule has 0 bridgehead atoms. The lowest BCUT2D eigenvalue weighted by molar-refractivity contribution is 0.599. The predicted molar refractivity (Wildman–Crippen MR) is 91.2 cm³/mol. The van der Waals surface area contributed by atoms with Gasteiger partial charge in [0.25, 0.3) is 0 Å². The van der Waals surface area contributed by atoms with Gasteiger partial charge < -0.3 is 4.90 Å². The molecular formula is C16H18FNO4S2. The van der Waals surface area contributed by atoms with E-state index in [1.807, 2.05) is 0 Å². The maximum Gasteiger partial charge on any atom is 0.177 e. The zero-order chi connectivity index (χ0) is 18.1. The van der Waals surface area contributed by atoms with Crippen molar-refractivity contribution < 1.29 is 21.2 Å². The van der Waals surface area contributed by atoms with E-state index < -0.39 is 19.7 Å². The van der Waals surface area contributed by atoms with Crippen LogP contribution in [0.1, 0.15) is 5.56 Å². The Labute approximate surface area is 141 Å². The molecule has 0 amide bonds. The maximum atomic E-state index is 13.3. The van der Waals surface area contributed by atoms with Crippen molar-refractivity contribution in [1.29, 1.82) is 0 Å². The molecule has 130 valence electrons. The second kappa shape index (κ2) is 6.52. The molecule has 0 heterocycles. The van der Waals surface area contributed by atoms with Gasteiger partial charge in [0.1, 0.15) is 5.82 Å². The molecule has 2 aromatic carbocycles. The van der Waals surface area contributed by atoms with Crippen LogP contribution in [0, 0.1) is 5.82 Å². The molecule has 0 unspecified atom stereocenters. The van der Waals surface area contributed by atoms with Gasteiger partial charge in [0, 0.05) is 26.1 Å². The smallest absolute Gasteiger partial charge is 0.177 e. The number of hydrogen-bond donors (Lipinski definition) is 0. The molecule has 5 nitrogen and oxygen atoms in total. The monoisotopic (exact) mass is 371 g/mol. The summed E-state index contributed by atoms with van der Waals surface area (Å²) in [6.07, 6.45) is 2.04. The molecule has 0 radical (unpaired) electrons. The van der Waals surface area contributed by atoms with Crippen LogP contribution in [0.25, 0.3) is 0 Å². The van der Waals surface area contributed by atoms with E-state index in [4.69, 9.17) is 0 Å². The summed E-state index contributed by atoms with van der Waals surface area (Å²) < 4.78 is 60.8. The Kier molecular flexibility index (Phi) is 5.00. The van der Waals surface area contributed by atoms with Crippen LogP contribution in [-0.2, 0) is 26.2 Å². The zero-order valence-electron chi connectivity index (χ0n) is 13.5. The first-order valence-corrected chi connectivity index (χ1v) is 10.8. The molecule has 0 spiro atoms. The lowest BCUT2D eigenvalue weighted by Crippen LogP contribution is -2.19. The lowest BCUT2D eigenvalue weighted by atomic mass is 10.2. The van der Waals surface area contributed by atoms with Crippen molar-refractivity contribution in [1.82, 2.24) is 0 Å². The van der Waals surface area contributed by atoms with E-state index in [2.05, 4.69) is 0 Å². The highest BCUT2D eigenvalue weighted by atomic mass is 32.2. The van der Waals surface area contributed by atoms with E-state index in [0.717, 1.165) is 18.6 Å². The van der Waals surface area contributed by atoms with E-state index in [-0.39, 0.29) is 22.2 Å². The molecule has 0 N–H and O–H groups in total. The number of rotatable bonds is 5. The van der Waals surface area contributed by atoms with Gasteiger partial charge >= 0.3 is 0 Å². The highest BCUT2D eigenvalue weighted by Crippen LogP contribution is 2.28. The van der Waals surface area contributed by atoms with E-state index >= 15 is 0 Å². The Morgan fingerprint density at radius 2 is 1.62 bits per heavy atom. The molecule has 24 heavy (non-hydrogen) atoms. The summed E-state index contributed by atoms with van der Waals surface area (Å²) in [6.45, 7) is 0.276. The molecule has 0 aliphatic carbocycles. The molecule has 0 atom stereocenters. The minimum absolute atomic E-state index is 0.0640. The van der Waals surface area contributed by atoms with Crippen LogP contribution >= 0.6 is 0 Å². The molecule has 0 aromatic heterocycles. The van der Waals surface area contributed by atoms with Crippen LogP contribution in [-0.4, -0.2) is 36.4 Å². The fourth-order valence-corrected chi connectivity index (χ4v) is 4.00. The van der Waals surface area contributed by atoms with E-state index in [9.17, 15) is 21.2 Å². The van der Waals surface area contributed by atoms with Crippen molar-refractivity contribution >= 4 is 25.4 Å². The van der Waals surface area contributed by atoms with Crippen molar-refractivity contribution in [2.45, 2.75) is 16.3 Å². The maximum absolute atomic E-state index is 13.3. The third kappa shape index (κ3) is 4.33. The molecule has 0 aliphatic rings. The standard InChI is InChI=1S/C16H18FNO4S2/c1-18(11-12-5-4-6-13(17)9-12)15-8-7-14(23(2,19)20)10-16(15)24(3,21)22/h4-10H,11H2,1-3H3. The molecule has 0 fully saturated rings. The summed E-state index contributed by atoms with van der Waals surface area (Å²) in [5.74, 6) is -0.378. The number of hydrogen-bond acceptors (Lipinski definition) is 5. The largest absolute Gasteiger partial charge is 0.369 e. The van der Waals surface area contributed by atoms with Gasteiger partial charge in [-0.3, -0.25) is 0 Å². The summed E-state index contributed by atoms with van der Waals surface area (Å²) in [5, 5.41) is 0. The molecule has 0 saturated heterocycles. The first kappa shape index (κ1) is 18.4. The topological polar surface area (TPSA) is 71.5 Å². The van der Waals surface area contributed by atoms with Gasteiger partial charge in [0.2, 0.25) is 0 Å². The molecule has 2 rings (SSSR count). The second-order valence-electron chi connectivity index (χ2n) is 5.66. The number of anilines is 1. The van der Waals surface area contributed by atoms with Gasteiger partial charge in [0.15, 0.2) is 19.7 Å². The Hall–Kier alpha value is -1.93. The highest BCUT2D eigenvalue weighted by molar-refractivity contribution is 7.91. The van der Waals surface area contributed by atoms with Gasteiger partial charge in [0.05, 0.1) is 15.5 Å².